The maximum Gasteiger partial charge on any atom is 0.330 e. The fourth-order valence-electron chi connectivity index (χ4n) is 3.70. The highest BCUT2D eigenvalue weighted by molar-refractivity contribution is 7.98. The van der Waals surface area contributed by atoms with Gasteiger partial charge in [-0.25, -0.2) is 9.78 Å². The summed E-state index contributed by atoms with van der Waals surface area (Å²) in [7, 11) is 3.06. The zero-order valence-corrected chi connectivity index (χ0v) is 21.0. The number of halogens is 1. The molecule has 7 nitrogen and oxygen atoms in total. The van der Waals surface area contributed by atoms with Crippen LogP contribution >= 0.6 is 23.4 Å². The predicted octanol–water partition coefficient (Wildman–Crippen LogP) is 4.24. The van der Waals surface area contributed by atoms with Crippen molar-refractivity contribution in [3.8, 4) is 5.69 Å². The van der Waals surface area contributed by atoms with E-state index in [2.05, 4.69) is 13.8 Å². The number of benzene rings is 2. The Balaban J connectivity index is 1.84. The van der Waals surface area contributed by atoms with E-state index in [9.17, 15) is 14.4 Å². The van der Waals surface area contributed by atoms with Crippen molar-refractivity contribution in [2.45, 2.75) is 37.1 Å². The van der Waals surface area contributed by atoms with Crippen LogP contribution in [0.1, 0.15) is 37.4 Å². The second-order valence-corrected chi connectivity index (χ2v) is 9.64. The summed E-state index contributed by atoms with van der Waals surface area (Å²) in [5.41, 5.74) is 1.95. The molecule has 2 heterocycles. The highest BCUT2D eigenvalue weighted by Gasteiger charge is 2.16. The standard InChI is InChI=1S/C25H25ClN4O3S/c1-5-15(2)16-6-9-18(10-7-16)30-23(32)20-12-17(26)8-11-21(20)27-24(30)34-14-19-13-22(31)29(4)25(33)28(19)3/h6-13,15H,5,14H2,1-4H3. The molecule has 0 amide bonds. The average Bonchev–Trinajstić information content (AvgIpc) is 2.84. The van der Waals surface area contributed by atoms with Crippen LogP contribution in [0.3, 0.4) is 0 Å². The van der Waals surface area contributed by atoms with E-state index in [0.29, 0.717) is 38.4 Å². The number of hydrogen-bond acceptors (Lipinski definition) is 5. The monoisotopic (exact) mass is 496 g/mol. The first-order valence-electron chi connectivity index (χ1n) is 10.9. The van der Waals surface area contributed by atoms with Crippen LogP contribution in [0.25, 0.3) is 16.6 Å². The summed E-state index contributed by atoms with van der Waals surface area (Å²) >= 11 is 7.45. The third-order valence-corrected chi connectivity index (χ3v) is 7.31. The Morgan fingerprint density at radius 3 is 2.38 bits per heavy atom. The van der Waals surface area contributed by atoms with Crippen LogP contribution in [-0.4, -0.2) is 18.7 Å². The Labute approximate surface area is 205 Å². The van der Waals surface area contributed by atoms with Crippen LogP contribution in [0.15, 0.2) is 68.1 Å². The second-order valence-electron chi connectivity index (χ2n) is 8.26. The minimum absolute atomic E-state index is 0.232. The maximum atomic E-state index is 13.6. The minimum Gasteiger partial charge on any atom is -0.300 e. The number of aromatic nitrogens is 4. The van der Waals surface area contributed by atoms with Gasteiger partial charge < -0.3 is 0 Å². The summed E-state index contributed by atoms with van der Waals surface area (Å²) in [6.07, 6.45) is 1.02. The van der Waals surface area contributed by atoms with Gasteiger partial charge >= 0.3 is 5.69 Å². The molecule has 4 rings (SSSR count). The Hall–Kier alpha value is -3.10. The number of rotatable bonds is 6. The highest BCUT2D eigenvalue weighted by atomic mass is 35.5. The predicted molar refractivity (Wildman–Crippen MR) is 138 cm³/mol. The molecular weight excluding hydrogens is 472 g/mol. The first-order valence-corrected chi connectivity index (χ1v) is 12.3. The van der Waals surface area contributed by atoms with E-state index < -0.39 is 5.69 Å². The number of fused-ring (bicyclic) bond motifs is 1. The fraction of sp³-hybridized carbons (Fsp3) is 0.280. The Morgan fingerprint density at radius 2 is 1.71 bits per heavy atom. The van der Waals surface area contributed by atoms with Gasteiger partial charge in [0.25, 0.3) is 11.1 Å². The van der Waals surface area contributed by atoms with Crippen molar-refractivity contribution < 1.29 is 0 Å². The Kier molecular flexibility index (Phi) is 6.81. The van der Waals surface area contributed by atoms with Gasteiger partial charge in [0.1, 0.15) is 0 Å². The van der Waals surface area contributed by atoms with Crippen molar-refractivity contribution in [3.05, 3.63) is 96.0 Å². The molecular formula is C25H25ClN4O3S. The van der Waals surface area contributed by atoms with Gasteiger partial charge in [-0.15, -0.1) is 0 Å². The zero-order chi connectivity index (χ0) is 24.6. The van der Waals surface area contributed by atoms with Crippen molar-refractivity contribution in [1.29, 1.82) is 0 Å². The lowest BCUT2D eigenvalue weighted by Crippen LogP contribution is -2.37. The average molecular weight is 497 g/mol. The van der Waals surface area contributed by atoms with Crippen molar-refractivity contribution in [3.63, 3.8) is 0 Å². The molecule has 0 aliphatic carbocycles. The van der Waals surface area contributed by atoms with Gasteiger partial charge in [0.15, 0.2) is 5.16 Å². The van der Waals surface area contributed by atoms with Crippen LogP contribution in [0.2, 0.25) is 5.02 Å². The maximum absolute atomic E-state index is 13.6. The highest BCUT2D eigenvalue weighted by Crippen LogP contribution is 2.26. The van der Waals surface area contributed by atoms with Crippen molar-refractivity contribution in [1.82, 2.24) is 18.7 Å². The topological polar surface area (TPSA) is 78.9 Å². The van der Waals surface area contributed by atoms with Crippen molar-refractivity contribution >= 4 is 34.3 Å². The SMILES string of the molecule is CCC(C)c1ccc(-n2c(SCc3cc(=O)n(C)c(=O)n3C)nc3ccc(Cl)cc3c2=O)cc1. The van der Waals surface area contributed by atoms with E-state index in [1.165, 1.54) is 35.0 Å². The molecule has 176 valence electrons. The summed E-state index contributed by atoms with van der Waals surface area (Å²) in [4.78, 5) is 42.7. The molecule has 0 saturated heterocycles. The lowest BCUT2D eigenvalue weighted by atomic mass is 9.98. The first kappa shape index (κ1) is 24.0. The molecule has 0 radical (unpaired) electrons. The van der Waals surface area contributed by atoms with Gasteiger partial charge in [-0.1, -0.05) is 49.3 Å². The third kappa shape index (κ3) is 4.48. The van der Waals surface area contributed by atoms with E-state index >= 15 is 0 Å². The summed E-state index contributed by atoms with van der Waals surface area (Å²) < 4.78 is 4.04. The van der Waals surface area contributed by atoms with Gasteiger partial charge in [-0.05, 0) is 48.2 Å². The van der Waals surface area contributed by atoms with Crippen LogP contribution in [0.4, 0.5) is 0 Å². The van der Waals surface area contributed by atoms with E-state index in [1.54, 1.807) is 29.8 Å². The van der Waals surface area contributed by atoms with E-state index in [-0.39, 0.29) is 16.9 Å². The van der Waals surface area contributed by atoms with E-state index in [4.69, 9.17) is 16.6 Å². The van der Waals surface area contributed by atoms with Crippen LogP contribution in [0.5, 0.6) is 0 Å². The molecule has 4 aromatic rings. The number of nitrogens with zero attached hydrogens (tertiary/aromatic N) is 4. The molecule has 0 aliphatic rings. The lowest BCUT2D eigenvalue weighted by molar-refractivity contribution is 0.664. The Morgan fingerprint density at radius 1 is 1.00 bits per heavy atom. The van der Waals surface area contributed by atoms with Crippen molar-refractivity contribution in [2.24, 2.45) is 14.1 Å². The van der Waals surface area contributed by atoms with Gasteiger partial charge in [0, 0.05) is 36.6 Å². The number of hydrogen-bond donors (Lipinski definition) is 0. The normalized spacial score (nSPS) is 12.3. The third-order valence-electron chi connectivity index (χ3n) is 6.11. The molecule has 0 saturated carbocycles. The van der Waals surface area contributed by atoms with Crippen LogP contribution in [0, 0.1) is 0 Å². The molecule has 34 heavy (non-hydrogen) atoms. The second kappa shape index (κ2) is 9.64. The quantitative estimate of drug-likeness (QED) is 0.294. The molecule has 1 unspecified atom stereocenters. The number of thioether (sulfide) groups is 1. The molecule has 1 atom stereocenters. The van der Waals surface area contributed by atoms with Crippen LogP contribution < -0.4 is 16.8 Å². The van der Waals surface area contributed by atoms with Gasteiger partial charge in [0.05, 0.1) is 16.6 Å². The van der Waals surface area contributed by atoms with Crippen LogP contribution in [-0.2, 0) is 19.8 Å². The molecule has 2 aromatic carbocycles. The Bertz CT molecular complexity index is 1550. The molecule has 0 aliphatic heterocycles. The summed E-state index contributed by atoms with van der Waals surface area (Å²) in [6, 6.07) is 14.3. The summed E-state index contributed by atoms with van der Waals surface area (Å²) in [6.45, 7) is 4.30. The van der Waals surface area contributed by atoms with Gasteiger partial charge in [-0.2, -0.15) is 0 Å². The van der Waals surface area contributed by atoms with Gasteiger partial charge in [-0.3, -0.25) is 23.3 Å². The summed E-state index contributed by atoms with van der Waals surface area (Å²) in [5, 5.41) is 1.34. The first-order chi connectivity index (χ1) is 16.2. The molecule has 9 heteroatoms. The molecule has 0 fully saturated rings. The largest absolute Gasteiger partial charge is 0.330 e. The molecule has 0 spiro atoms. The zero-order valence-electron chi connectivity index (χ0n) is 19.4. The smallest absolute Gasteiger partial charge is 0.300 e. The minimum atomic E-state index is -0.401. The van der Waals surface area contributed by atoms with Gasteiger partial charge in [0.2, 0.25) is 0 Å². The summed E-state index contributed by atoms with van der Waals surface area (Å²) in [5.74, 6) is 0.702. The molecule has 0 N–H and O–H groups in total. The van der Waals surface area contributed by atoms with Crippen molar-refractivity contribution in [2.75, 3.05) is 0 Å². The van der Waals surface area contributed by atoms with E-state index in [1.807, 2.05) is 24.3 Å². The molecule has 2 aromatic heterocycles. The lowest BCUT2D eigenvalue weighted by Gasteiger charge is -2.16. The fourth-order valence-corrected chi connectivity index (χ4v) is 4.91. The van der Waals surface area contributed by atoms with E-state index in [0.717, 1.165) is 11.0 Å². The molecule has 0 bridgehead atoms.